The molecule has 130 valence electrons. The van der Waals surface area contributed by atoms with Gasteiger partial charge in [0.2, 0.25) is 0 Å². The number of aromatic carboxylic acids is 1. The number of carbonyl (C=O) groups excluding carboxylic acids is 1. The first-order valence-electron chi connectivity index (χ1n) is 7.74. The molecule has 0 atom stereocenters. The number of furan rings is 1. The number of hydrogen-bond donors (Lipinski definition) is 2. The van der Waals surface area contributed by atoms with E-state index in [1.54, 1.807) is 17.5 Å². The summed E-state index contributed by atoms with van der Waals surface area (Å²) in [5.74, 6) is -1.41. The van der Waals surface area contributed by atoms with Crippen molar-refractivity contribution in [1.82, 2.24) is 0 Å². The molecule has 2 N–H and O–H groups in total. The number of nitrogens with one attached hydrogen (secondary N) is 1. The number of rotatable bonds is 4. The molecule has 0 aliphatic carbocycles. The van der Waals surface area contributed by atoms with Crippen LogP contribution >= 0.6 is 22.7 Å². The van der Waals surface area contributed by atoms with E-state index in [1.165, 1.54) is 22.7 Å². The molecule has 5 nitrogen and oxygen atoms in total. The van der Waals surface area contributed by atoms with Crippen molar-refractivity contribution in [3.8, 4) is 9.75 Å². The second-order valence-electron chi connectivity index (χ2n) is 5.67. The molecule has 0 radical (unpaired) electrons. The van der Waals surface area contributed by atoms with Gasteiger partial charge in [0, 0.05) is 20.5 Å². The van der Waals surface area contributed by atoms with Crippen molar-refractivity contribution < 1.29 is 19.1 Å². The zero-order valence-corrected chi connectivity index (χ0v) is 15.2. The van der Waals surface area contributed by atoms with E-state index in [2.05, 4.69) is 5.32 Å². The molecule has 4 rings (SSSR count). The summed E-state index contributed by atoms with van der Waals surface area (Å²) < 4.78 is 5.54. The SMILES string of the molecule is Cc1ccc(-c2scc(NC(=O)c3cc4ccccc4o3)c2C(=O)O)s1. The summed E-state index contributed by atoms with van der Waals surface area (Å²) in [6, 6.07) is 12.8. The third-order valence-electron chi connectivity index (χ3n) is 3.87. The van der Waals surface area contributed by atoms with Crippen molar-refractivity contribution >= 4 is 51.2 Å². The average Bonchev–Trinajstić information content (AvgIpc) is 3.31. The lowest BCUT2D eigenvalue weighted by molar-refractivity contribution is 0.0699. The van der Waals surface area contributed by atoms with Crippen LogP contribution in [0.5, 0.6) is 0 Å². The van der Waals surface area contributed by atoms with Gasteiger partial charge in [-0.1, -0.05) is 18.2 Å². The summed E-state index contributed by atoms with van der Waals surface area (Å²) in [7, 11) is 0. The van der Waals surface area contributed by atoms with Crippen LogP contribution in [0.3, 0.4) is 0 Å². The number of anilines is 1. The third kappa shape index (κ3) is 2.91. The summed E-state index contributed by atoms with van der Waals surface area (Å²) >= 11 is 2.82. The van der Waals surface area contributed by atoms with Gasteiger partial charge in [-0.3, -0.25) is 4.79 Å². The Morgan fingerprint density at radius 3 is 2.65 bits per heavy atom. The Balaban J connectivity index is 1.68. The number of aryl methyl sites for hydroxylation is 1. The predicted molar refractivity (Wildman–Crippen MR) is 103 cm³/mol. The highest BCUT2D eigenvalue weighted by atomic mass is 32.1. The Morgan fingerprint density at radius 1 is 1.15 bits per heavy atom. The van der Waals surface area contributed by atoms with Crippen LogP contribution in [0.15, 0.2) is 52.3 Å². The summed E-state index contributed by atoms with van der Waals surface area (Å²) in [4.78, 5) is 26.9. The molecule has 0 fully saturated rings. The molecular formula is C19H13NO4S2. The highest BCUT2D eigenvalue weighted by molar-refractivity contribution is 7.21. The highest BCUT2D eigenvalue weighted by Crippen LogP contribution is 2.39. The first-order valence-corrected chi connectivity index (χ1v) is 9.44. The largest absolute Gasteiger partial charge is 0.478 e. The maximum atomic E-state index is 12.5. The van der Waals surface area contributed by atoms with Crippen LogP contribution in [-0.4, -0.2) is 17.0 Å². The fourth-order valence-corrected chi connectivity index (χ4v) is 4.67. The van der Waals surface area contributed by atoms with Crippen molar-refractivity contribution in [3.63, 3.8) is 0 Å². The normalized spacial score (nSPS) is 11.0. The first kappa shape index (κ1) is 16.6. The van der Waals surface area contributed by atoms with Gasteiger partial charge < -0.3 is 14.8 Å². The van der Waals surface area contributed by atoms with Gasteiger partial charge in [-0.25, -0.2) is 4.79 Å². The number of thiophene rings is 2. The van der Waals surface area contributed by atoms with Crippen molar-refractivity contribution in [2.24, 2.45) is 0 Å². The molecule has 1 aromatic carbocycles. The van der Waals surface area contributed by atoms with Gasteiger partial charge in [-0.15, -0.1) is 22.7 Å². The number of carboxylic acids is 1. The lowest BCUT2D eigenvalue weighted by atomic mass is 10.2. The maximum absolute atomic E-state index is 12.5. The van der Waals surface area contributed by atoms with Crippen molar-refractivity contribution in [1.29, 1.82) is 0 Å². The molecule has 4 aromatic rings. The number of hydrogen-bond acceptors (Lipinski definition) is 5. The summed E-state index contributed by atoms with van der Waals surface area (Å²) in [6.45, 7) is 1.96. The molecule has 0 aliphatic rings. The Kier molecular flexibility index (Phi) is 4.10. The van der Waals surface area contributed by atoms with Gasteiger partial charge in [0.1, 0.15) is 11.1 Å². The van der Waals surface area contributed by atoms with Crippen LogP contribution < -0.4 is 5.32 Å². The highest BCUT2D eigenvalue weighted by Gasteiger charge is 2.23. The molecule has 26 heavy (non-hydrogen) atoms. The van der Waals surface area contributed by atoms with Gasteiger partial charge in [-0.05, 0) is 31.2 Å². The van der Waals surface area contributed by atoms with Crippen LogP contribution in [0.25, 0.3) is 20.7 Å². The van der Waals surface area contributed by atoms with E-state index >= 15 is 0 Å². The number of benzene rings is 1. The van der Waals surface area contributed by atoms with Crippen LogP contribution in [0.2, 0.25) is 0 Å². The van der Waals surface area contributed by atoms with E-state index in [0.29, 0.717) is 10.5 Å². The number of para-hydroxylation sites is 1. The van der Waals surface area contributed by atoms with E-state index in [9.17, 15) is 14.7 Å². The van der Waals surface area contributed by atoms with Gasteiger partial charge >= 0.3 is 5.97 Å². The van der Waals surface area contributed by atoms with Gasteiger partial charge in [0.05, 0.1) is 10.6 Å². The lowest BCUT2D eigenvalue weighted by Gasteiger charge is -2.03. The van der Waals surface area contributed by atoms with Gasteiger partial charge in [0.25, 0.3) is 5.91 Å². The first-order chi connectivity index (χ1) is 12.5. The number of fused-ring (bicyclic) bond motifs is 1. The fourth-order valence-electron chi connectivity index (χ4n) is 2.68. The second-order valence-corrected chi connectivity index (χ2v) is 7.84. The van der Waals surface area contributed by atoms with Crippen molar-refractivity contribution in [2.75, 3.05) is 5.32 Å². The molecule has 0 saturated carbocycles. The van der Waals surface area contributed by atoms with Crippen LogP contribution in [0.4, 0.5) is 5.69 Å². The molecule has 0 spiro atoms. The van der Waals surface area contributed by atoms with E-state index in [1.807, 2.05) is 37.3 Å². The zero-order valence-electron chi connectivity index (χ0n) is 13.6. The number of carbonyl (C=O) groups is 2. The Hall–Kier alpha value is -2.90. The average molecular weight is 383 g/mol. The second kappa shape index (κ2) is 6.44. The quantitative estimate of drug-likeness (QED) is 0.489. The standard InChI is InChI=1S/C19H13NO4S2/c1-10-6-7-15(26-10)17-16(19(22)23)12(9-25-17)20-18(21)14-8-11-4-2-3-5-13(11)24-14/h2-9H,1H3,(H,20,21)(H,22,23). The Labute approximate surface area is 156 Å². The summed E-state index contributed by atoms with van der Waals surface area (Å²) in [5.41, 5.74) is 0.978. The molecule has 3 aromatic heterocycles. The molecule has 7 heteroatoms. The summed E-state index contributed by atoms with van der Waals surface area (Å²) in [6.07, 6.45) is 0. The number of amides is 1. The van der Waals surface area contributed by atoms with E-state index in [-0.39, 0.29) is 17.0 Å². The minimum absolute atomic E-state index is 0.0984. The summed E-state index contributed by atoms with van der Waals surface area (Å²) in [5, 5.41) is 14.8. The molecule has 0 bridgehead atoms. The third-order valence-corrected chi connectivity index (χ3v) is 6.03. The Morgan fingerprint density at radius 2 is 1.96 bits per heavy atom. The van der Waals surface area contributed by atoms with Gasteiger partial charge in [-0.2, -0.15) is 0 Å². The van der Waals surface area contributed by atoms with Crippen LogP contribution in [-0.2, 0) is 0 Å². The van der Waals surface area contributed by atoms with Crippen molar-refractivity contribution in [3.05, 3.63) is 64.0 Å². The predicted octanol–water partition coefficient (Wildman–Crippen LogP) is 5.48. The molecule has 0 saturated heterocycles. The van der Waals surface area contributed by atoms with E-state index in [4.69, 9.17) is 4.42 Å². The molecular weight excluding hydrogens is 370 g/mol. The van der Waals surface area contributed by atoms with Gasteiger partial charge in [0.15, 0.2) is 5.76 Å². The minimum Gasteiger partial charge on any atom is -0.478 e. The van der Waals surface area contributed by atoms with E-state index < -0.39 is 11.9 Å². The smallest absolute Gasteiger partial charge is 0.339 e. The van der Waals surface area contributed by atoms with Crippen LogP contribution in [0.1, 0.15) is 25.8 Å². The van der Waals surface area contributed by atoms with Crippen molar-refractivity contribution in [2.45, 2.75) is 6.92 Å². The fraction of sp³-hybridized carbons (Fsp3) is 0.0526. The zero-order chi connectivity index (χ0) is 18.3. The topological polar surface area (TPSA) is 79.5 Å². The van der Waals surface area contributed by atoms with Crippen LogP contribution in [0, 0.1) is 6.92 Å². The maximum Gasteiger partial charge on any atom is 0.339 e. The molecule has 0 aliphatic heterocycles. The molecule has 0 unspecified atom stereocenters. The monoisotopic (exact) mass is 383 g/mol. The molecule has 1 amide bonds. The Bertz CT molecular complexity index is 1100. The molecule has 3 heterocycles. The van der Waals surface area contributed by atoms with E-state index in [0.717, 1.165) is 15.1 Å². The lowest BCUT2D eigenvalue weighted by Crippen LogP contribution is -2.13. The number of carboxylic acid groups (broad SMARTS) is 1. The minimum atomic E-state index is -1.08.